The van der Waals surface area contributed by atoms with Crippen LogP contribution in [0.3, 0.4) is 0 Å². The third kappa shape index (κ3) is 3.96. The van der Waals surface area contributed by atoms with E-state index in [-0.39, 0.29) is 17.4 Å². The van der Waals surface area contributed by atoms with Gasteiger partial charge in [-0.15, -0.1) is 0 Å². The lowest BCUT2D eigenvalue weighted by atomic mass is 9.90. The minimum absolute atomic E-state index is 0.0381. The monoisotopic (exact) mass is 309 g/mol. The summed E-state index contributed by atoms with van der Waals surface area (Å²) in [6, 6.07) is 7.42. The fourth-order valence-corrected chi connectivity index (χ4v) is 2.90. The predicted octanol–water partition coefficient (Wildman–Crippen LogP) is 2.02. The number of nitrogens with one attached hydrogen (secondary N) is 1. The summed E-state index contributed by atoms with van der Waals surface area (Å²) in [7, 11) is 0. The third-order valence-electron chi connectivity index (χ3n) is 4.42. The standard InChI is InChI=1S/C16H24ClN3O/c1-12(20-8-7-16(2,10-18)11-20)15(21)19-9-13-5-3-4-6-14(13)17/h3-6,12H,7-11,18H2,1-2H3,(H,19,21). The largest absolute Gasteiger partial charge is 0.351 e. The molecule has 1 aromatic rings. The Morgan fingerprint density at radius 3 is 2.86 bits per heavy atom. The van der Waals surface area contributed by atoms with E-state index >= 15 is 0 Å². The minimum Gasteiger partial charge on any atom is -0.351 e. The van der Waals surface area contributed by atoms with Crippen molar-refractivity contribution in [1.82, 2.24) is 10.2 Å². The van der Waals surface area contributed by atoms with Gasteiger partial charge in [0.25, 0.3) is 0 Å². The van der Waals surface area contributed by atoms with Gasteiger partial charge in [-0.2, -0.15) is 0 Å². The van der Waals surface area contributed by atoms with Crippen LogP contribution >= 0.6 is 11.6 Å². The summed E-state index contributed by atoms with van der Waals surface area (Å²) in [5.41, 5.74) is 6.89. The Morgan fingerprint density at radius 2 is 2.24 bits per heavy atom. The van der Waals surface area contributed by atoms with Gasteiger partial charge in [-0.1, -0.05) is 36.7 Å². The SMILES string of the molecule is CC(C(=O)NCc1ccccc1Cl)N1CCC(C)(CN)C1. The van der Waals surface area contributed by atoms with Crippen molar-refractivity contribution in [2.24, 2.45) is 11.1 Å². The maximum absolute atomic E-state index is 12.3. The number of likely N-dealkylation sites (tertiary alicyclic amines) is 1. The Morgan fingerprint density at radius 1 is 1.52 bits per heavy atom. The molecule has 1 aliphatic rings. The molecule has 1 aromatic carbocycles. The van der Waals surface area contributed by atoms with Crippen LogP contribution in [0.25, 0.3) is 0 Å². The van der Waals surface area contributed by atoms with Crippen LogP contribution in [0.15, 0.2) is 24.3 Å². The van der Waals surface area contributed by atoms with Crippen LogP contribution in [0.5, 0.6) is 0 Å². The average Bonchev–Trinajstić information content (AvgIpc) is 2.88. The van der Waals surface area contributed by atoms with Crippen molar-refractivity contribution < 1.29 is 4.79 Å². The molecule has 2 rings (SSSR count). The van der Waals surface area contributed by atoms with Gasteiger partial charge in [0.2, 0.25) is 5.91 Å². The number of halogens is 1. The fraction of sp³-hybridized carbons (Fsp3) is 0.562. The second kappa shape index (κ2) is 6.77. The maximum atomic E-state index is 12.3. The number of carbonyl (C=O) groups excluding carboxylic acids is 1. The van der Waals surface area contributed by atoms with Crippen molar-refractivity contribution in [2.45, 2.75) is 32.9 Å². The molecule has 0 radical (unpaired) electrons. The highest BCUT2D eigenvalue weighted by atomic mass is 35.5. The van der Waals surface area contributed by atoms with Crippen molar-refractivity contribution in [3.63, 3.8) is 0 Å². The number of amides is 1. The maximum Gasteiger partial charge on any atom is 0.237 e. The van der Waals surface area contributed by atoms with Gasteiger partial charge in [0, 0.05) is 18.1 Å². The molecule has 5 heteroatoms. The van der Waals surface area contributed by atoms with Gasteiger partial charge in [0.05, 0.1) is 6.04 Å². The van der Waals surface area contributed by atoms with Crippen LogP contribution in [0.1, 0.15) is 25.8 Å². The first-order valence-electron chi connectivity index (χ1n) is 7.40. The van der Waals surface area contributed by atoms with Crippen LogP contribution < -0.4 is 11.1 Å². The number of nitrogens with two attached hydrogens (primary N) is 1. The Bertz CT molecular complexity index is 508. The molecule has 3 N–H and O–H groups in total. The first-order chi connectivity index (χ1) is 9.95. The van der Waals surface area contributed by atoms with Crippen molar-refractivity contribution in [2.75, 3.05) is 19.6 Å². The number of hydrogen-bond acceptors (Lipinski definition) is 3. The molecule has 0 spiro atoms. The molecule has 1 saturated heterocycles. The van der Waals surface area contributed by atoms with Crippen molar-refractivity contribution in [3.8, 4) is 0 Å². The number of benzene rings is 1. The molecule has 4 nitrogen and oxygen atoms in total. The molecular formula is C16H24ClN3O. The minimum atomic E-state index is -0.138. The predicted molar refractivity (Wildman–Crippen MR) is 86.1 cm³/mol. The lowest BCUT2D eigenvalue weighted by Gasteiger charge is -2.26. The summed E-state index contributed by atoms with van der Waals surface area (Å²) in [5, 5.41) is 3.65. The zero-order chi connectivity index (χ0) is 15.5. The normalized spacial score (nSPS) is 24.0. The summed E-state index contributed by atoms with van der Waals surface area (Å²) < 4.78 is 0. The molecule has 0 saturated carbocycles. The molecule has 2 atom stereocenters. The van der Waals surface area contributed by atoms with Gasteiger partial charge < -0.3 is 11.1 Å². The van der Waals surface area contributed by atoms with Crippen LogP contribution in [0, 0.1) is 5.41 Å². The second-order valence-electron chi connectivity index (χ2n) is 6.22. The van der Waals surface area contributed by atoms with E-state index in [0.717, 1.165) is 25.1 Å². The van der Waals surface area contributed by atoms with E-state index in [1.54, 1.807) is 0 Å². The molecular weight excluding hydrogens is 286 g/mol. The van der Waals surface area contributed by atoms with Crippen LogP contribution in [0.4, 0.5) is 0 Å². The van der Waals surface area contributed by atoms with Gasteiger partial charge in [-0.05, 0) is 43.5 Å². The topological polar surface area (TPSA) is 58.4 Å². The van der Waals surface area contributed by atoms with Crippen molar-refractivity contribution >= 4 is 17.5 Å². The number of nitrogens with zero attached hydrogens (tertiary/aromatic N) is 1. The number of hydrogen-bond donors (Lipinski definition) is 2. The lowest BCUT2D eigenvalue weighted by molar-refractivity contribution is -0.125. The average molecular weight is 310 g/mol. The van der Waals surface area contributed by atoms with E-state index in [1.807, 2.05) is 31.2 Å². The molecule has 0 aromatic heterocycles. The Hall–Kier alpha value is -1.10. The fourth-order valence-electron chi connectivity index (χ4n) is 2.70. The molecule has 1 heterocycles. The summed E-state index contributed by atoms with van der Waals surface area (Å²) in [6.07, 6.45) is 1.05. The van der Waals surface area contributed by atoms with Gasteiger partial charge in [0.15, 0.2) is 0 Å². The first kappa shape index (κ1) is 16.3. The Balaban J connectivity index is 1.88. The van der Waals surface area contributed by atoms with E-state index in [2.05, 4.69) is 17.1 Å². The first-order valence-corrected chi connectivity index (χ1v) is 7.78. The Kier molecular flexibility index (Phi) is 5.25. The number of rotatable bonds is 5. The third-order valence-corrected chi connectivity index (χ3v) is 4.79. The van der Waals surface area contributed by atoms with E-state index in [1.165, 1.54) is 0 Å². The van der Waals surface area contributed by atoms with Gasteiger partial charge in [0.1, 0.15) is 0 Å². The molecule has 0 bridgehead atoms. The quantitative estimate of drug-likeness (QED) is 0.875. The highest BCUT2D eigenvalue weighted by Crippen LogP contribution is 2.29. The van der Waals surface area contributed by atoms with E-state index in [4.69, 9.17) is 17.3 Å². The van der Waals surface area contributed by atoms with Gasteiger partial charge in [-0.3, -0.25) is 9.69 Å². The Labute approximate surface area is 131 Å². The molecule has 0 aliphatic carbocycles. The number of carbonyl (C=O) groups is 1. The highest BCUT2D eigenvalue weighted by Gasteiger charge is 2.36. The van der Waals surface area contributed by atoms with E-state index in [9.17, 15) is 4.79 Å². The summed E-state index contributed by atoms with van der Waals surface area (Å²) >= 11 is 6.09. The second-order valence-corrected chi connectivity index (χ2v) is 6.63. The van der Waals surface area contributed by atoms with E-state index < -0.39 is 0 Å². The van der Waals surface area contributed by atoms with Gasteiger partial charge >= 0.3 is 0 Å². The molecule has 2 unspecified atom stereocenters. The smallest absolute Gasteiger partial charge is 0.237 e. The van der Waals surface area contributed by atoms with Crippen LogP contribution in [-0.2, 0) is 11.3 Å². The molecule has 21 heavy (non-hydrogen) atoms. The summed E-state index contributed by atoms with van der Waals surface area (Å²) in [4.78, 5) is 14.5. The molecule has 1 fully saturated rings. The van der Waals surface area contributed by atoms with Crippen LogP contribution in [0.2, 0.25) is 5.02 Å². The summed E-state index contributed by atoms with van der Waals surface area (Å²) in [6.45, 7) is 7.06. The van der Waals surface area contributed by atoms with Crippen molar-refractivity contribution in [3.05, 3.63) is 34.9 Å². The van der Waals surface area contributed by atoms with Crippen molar-refractivity contribution in [1.29, 1.82) is 0 Å². The molecule has 1 amide bonds. The zero-order valence-corrected chi connectivity index (χ0v) is 13.5. The summed E-state index contributed by atoms with van der Waals surface area (Å²) in [5.74, 6) is 0.0381. The van der Waals surface area contributed by atoms with Crippen LogP contribution in [-0.4, -0.2) is 36.5 Å². The molecule has 116 valence electrons. The molecule has 1 aliphatic heterocycles. The highest BCUT2D eigenvalue weighted by molar-refractivity contribution is 6.31. The van der Waals surface area contributed by atoms with Gasteiger partial charge in [-0.25, -0.2) is 0 Å². The zero-order valence-electron chi connectivity index (χ0n) is 12.7. The lowest BCUT2D eigenvalue weighted by Crippen LogP contribution is -2.45. The van der Waals surface area contributed by atoms with E-state index in [0.29, 0.717) is 18.1 Å².